The average molecular weight is 420 g/mol. The molecule has 29 heavy (non-hydrogen) atoms. The molecule has 1 atom stereocenters. The van der Waals surface area contributed by atoms with E-state index >= 15 is 0 Å². The molecule has 2 aromatic rings. The van der Waals surface area contributed by atoms with Gasteiger partial charge in [0.15, 0.2) is 0 Å². The number of hydrogen-bond donors (Lipinski definition) is 1. The van der Waals surface area contributed by atoms with E-state index in [0.717, 1.165) is 21.7 Å². The number of nitrogens with zero attached hydrogens (tertiary/aromatic N) is 2. The first-order chi connectivity index (χ1) is 13.4. The van der Waals surface area contributed by atoms with E-state index in [-0.39, 0.29) is 17.8 Å². The number of anilines is 2. The minimum absolute atomic E-state index is 0.159. The molecule has 1 N–H and O–H groups in total. The van der Waals surface area contributed by atoms with Crippen LogP contribution < -0.4 is 9.62 Å². The van der Waals surface area contributed by atoms with Crippen LogP contribution in [-0.2, 0) is 14.8 Å². The summed E-state index contributed by atoms with van der Waals surface area (Å²) in [4.78, 5) is 23.5. The van der Waals surface area contributed by atoms with Crippen molar-refractivity contribution in [3.05, 3.63) is 63.2 Å². The first kappa shape index (κ1) is 22.4. The molecule has 0 saturated carbocycles. The van der Waals surface area contributed by atoms with Crippen LogP contribution in [0, 0.1) is 30.9 Å². The lowest BCUT2D eigenvalue weighted by Crippen LogP contribution is -2.47. The van der Waals surface area contributed by atoms with Crippen molar-refractivity contribution in [1.29, 1.82) is 0 Å². The molecule has 0 aliphatic rings. The quantitative estimate of drug-likeness (QED) is 0.543. The molecule has 9 heteroatoms. The van der Waals surface area contributed by atoms with E-state index in [1.807, 2.05) is 19.9 Å². The van der Waals surface area contributed by atoms with Crippen LogP contribution in [0.5, 0.6) is 0 Å². The Morgan fingerprint density at radius 2 is 1.72 bits per heavy atom. The predicted molar refractivity (Wildman–Crippen MR) is 114 cm³/mol. The largest absolute Gasteiger partial charge is 0.324 e. The van der Waals surface area contributed by atoms with Gasteiger partial charge in [0.1, 0.15) is 6.04 Å². The Hall–Kier alpha value is -2.94. The van der Waals surface area contributed by atoms with Gasteiger partial charge in [-0.15, -0.1) is 0 Å². The summed E-state index contributed by atoms with van der Waals surface area (Å²) in [5.41, 5.74) is 2.90. The molecule has 8 nitrogen and oxygen atoms in total. The summed E-state index contributed by atoms with van der Waals surface area (Å²) in [5, 5.41) is 13.7. The summed E-state index contributed by atoms with van der Waals surface area (Å²) < 4.78 is 26.3. The molecule has 2 aromatic carbocycles. The van der Waals surface area contributed by atoms with E-state index in [9.17, 15) is 23.3 Å². The molecule has 0 heterocycles. The lowest BCUT2D eigenvalue weighted by atomic mass is 10.1. The van der Waals surface area contributed by atoms with Gasteiger partial charge < -0.3 is 5.32 Å². The molecule has 0 aromatic heterocycles. The maximum atomic E-state index is 13.0. The number of amides is 1. The van der Waals surface area contributed by atoms with Crippen LogP contribution in [0.3, 0.4) is 0 Å². The highest BCUT2D eigenvalue weighted by Crippen LogP contribution is 2.27. The smallest absolute Gasteiger partial charge is 0.271 e. The number of nitro groups is 1. The third kappa shape index (κ3) is 5.32. The third-order valence-electron chi connectivity index (χ3n) is 4.48. The first-order valence-corrected chi connectivity index (χ1v) is 10.9. The average Bonchev–Trinajstić information content (AvgIpc) is 2.58. The first-order valence-electron chi connectivity index (χ1n) is 9.07. The van der Waals surface area contributed by atoms with E-state index in [0.29, 0.717) is 11.3 Å². The molecular formula is C20H25N3O5S. The lowest BCUT2D eigenvalue weighted by molar-refractivity contribution is -0.384. The van der Waals surface area contributed by atoms with Gasteiger partial charge in [-0.05, 0) is 56.0 Å². The number of hydrogen-bond acceptors (Lipinski definition) is 5. The summed E-state index contributed by atoms with van der Waals surface area (Å²) in [6.45, 7) is 7.12. The summed E-state index contributed by atoms with van der Waals surface area (Å²) in [6, 6.07) is 8.47. The van der Waals surface area contributed by atoms with Crippen LogP contribution in [-0.4, -0.2) is 31.5 Å². The van der Waals surface area contributed by atoms with E-state index in [4.69, 9.17) is 0 Å². The van der Waals surface area contributed by atoms with Crippen molar-refractivity contribution < 1.29 is 18.1 Å². The van der Waals surface area contributed by atoms with Gasteiger partial charge in [-0.25, -0.2) is 8.42 Å². The van der Waals surface area contributed by atoms with Gasteiger partial charge in [-0.3, -0.25) is 19.2 Å². The Balaban J connectivity index is 2.47. The summed E-state index contributed by atoms with van der Waals surface area (Å²) in [5.74, 6) is -0.555. The zero-order chi connectivity index (χ0) is 21.9. The predicted octanol–water partition coefficient (Wildman–Crippen LogP) is 3.70. The van der Waals surface area contributed by atoms with Crippen molar-refractivity contribution in [2.24, 2.45) is 0 Å². The van der Waals surface area contributed by atoms with Gasteiger partial charge in [0.05, 0.1) is 22.6 Å². The van der Waals surface area contributed by atoms with Crippen molar-refractivity contribution in [1.82, 2.24) is 0 Å². The number of rotatable bonds is 7. The molecule has 0 radical (unpaired) electrons. The van der Waals surface area contributed by atoms with Crippen molar-refractivity contribution in [3.63, 3.8) is 0 Å². The topological polar surface area (TPSA) is 110 Å². The van der Waals surface area contributed by atoms with Crippen LogP contribution in [0.2, 0.25) is 0 Å². The minimum Gasteiger partial charge on any atom is -0.324 e. The van der Waals surface area contributed by atoms with Crippen molar-refractivity contribution in [2.75, 3.05) is 15.9 Å². The second-order valence-corrected chi connectivity index (χ2v) is 8.93. The number of nitro benzene ring substituents is 1. The SMILES string of the molecule is CC[C@H](C(=O)Nc1cc([N+](=O)[O-])ccc1C)N(c1cc(C)cc(C)c1)S(C)(=O)=O. The monoisotopic (exact) mass is 419 g/mol. The second-order valence-electron chi connectivity index (χ2n) is 7.07. The Kier molecular flexibility index (Phi) is 6.63. The molecule has 0 unspecified atom stereocenters. The van der Waals surface area contributed by atoms with Crippen LogP contribution >= 0.6 is 0 Å². The van der Waals surface area contributed by atoms with Crippen molar-refractivity contribution >= 4 is 33.0 Å². The van der Waals surface area contributed by atoms with E-state index < -0.39 is 26.9 Å². The van der Waals surface area contributed by atoms with Gasteiger partial charge in [-0.1, -0.05) is 19.1 Å². The summed E-state index contributed by atoms with van der Waals surface area (Å²) in [7, 11) is -3.77. The van der Waals surface area contributed by atoms with Crippen molar-refractivity contribution in [2.45, 2.75) is 40.2 Å². The molecular weight excluding hydrogens is 394 g/mol. The van der Waals surface area contributed by atoms with Gasteiger partial charge >= 0.3 is 0 Å². The zero-order valence-corrected chi connectivity index (χ0v) is 17.9. The van der Waals surface area contributed by atoms with Crippen LogP contribution in [0.15, 0.2) is 36.4 Å². The molecule has 2 rings (SSSR count). The Morgan fingerprint density at radius 3 is 2.21 bits per heavy atom. The number of benzene rings is 2. The molecule has 0 bridgehead atoms. The molecule has 0 spiro atoms. The van der Waals surface area contributed by atoms with Gasteiger partial charge in [0.25, 0.3) is 5.69 Å². The number of carbonyl (C=O) groups is 1. The van der Waals surface area contributed by atoms with Crippen LogP contribution in [0.4, 0.5) is 17.1 Å². The highest BCUT2D eigenvalue weighted by Gasteiger charge is 2.32. The van der Waals surface area contributed by atoms with Gasteiger partial charge in [-0.2, -0.15) is 0 Å². The number of carbonyl (C=O) groups excluding carboxylic acids is 1. The fraction of sp³-hybridized carbons (Fsp3) is 0.350. The minimum atomic E-state index is -3.77. The molecule has 0 aliphatic carbocycles. The van der Waals surface area contributed by atoms with Crippen LogP contribution in [0.25, 0.3) is 0 Å². The number of sulfonamides is 1. The number of aryl methyl sites for hydroxylation is 3. The number of nitrogens with one attached hydrogen (secondary N) is 1. The normalized spacial score (nSPS) is 12.3. The summed E-state index contributed by atoms with van der Waals surface area (Å²) >= 11 is 0. The van der Waals surface area contributed by atoms with E-state index in [1.54, 1.807) is 26.0 Å². The Bertz CT molecular complexity index is 1030. The molecule has 156 valence electrons. The Morgan fingerprint density at radius 1 is 1.14 bits per heavy atom. The van der Waals surface area contributed by atoms with Crippen molar-refractivity contribution in [3.8, 4) is 0 Å². The molecule has 0 saturated heterocycles. The number of non-ortho nitro benzene ring substituents is 1. The zero-order valence-electron chi connectivity index (χ0n) is 17.1. The molecule has 0 aliphatic heterocycles. The van der Waals surface area contributed by atoms with E-state index in [2.05, 4.69) is 5.32 Å². The van der Waals surface area contributed by atoms with Crippen LogP contribution in [0.1, 0.15) is 30.0 Å². The van der Waals surface area contributed by atoms with Gasteiger partial charge in [0.2, 0.25) is 15.9 Å². The maximum Gasteiger partial charge on any atom is 0.271 e. The second kappa shape index (κ2) is 8.60. The standard InChI is InChI=1S/C20H25N3O5S/c1-6-19(20(24)21-18-12-16(23(25)26)8-7-15(18)4)22(29(5,27)28)17-10-13(2)9-14(3)11-17/h7-12,19H,6H2,1-5H3,(H,21,24)/t19-/m1/s1. The fourth-order valence-electron chi connectivity index (χ4n) is 3.21. The Labute approximate surface area is 170 Å². The highest BCUT2D eigenvalue weighted by atomic mass is 32.2. The van der Waals surface area contributed by atoms with Gasteiger partial charge in [0, 0.05) is 12.1 Å². The molecule has 0 fully saturated rings. The lowest BCUT2D eigenvalue weighted by Gasteiger charge is -2.30. The fourth-order valence-corrected chi connectivity index (χ4v) is 4.41. The molecule has 1 amide bonds. The van der Waals surface area contributed by atoms with E-state index in [1.165, 1.54) is 18.2 Å². The maximum absolute atomic E-state index is 13.0. The summed E-state index contributed by atoms with van der Waals surface area (Å²) in [6.07, 6.45) is 1.28. The third-order valence-corrected chi connectivity index (χ3v) is 5.66. The highest BCUT2D eigenvalue weighted by molar-refractivity contribution is 7.92.